The predicted octanol–water partition coefficient (Wildman–Crippen LogP) is 2.90. The van der Waals surface area contributed by atoms with E-state index in [1.54, 1.807) is 6.20 Å². The van der Waals surface area contributed by atoms with E-state index in [-0.39, 0.29) is 0 Å². The van der Waals surface area contributed by atoms with E-state index >= 15 is 0 Å². The number of anilines is 1. The average molecular weight is 242 g/mol. The number of nitrogens with zero attached hydrogens (tertiary/aromatic N) is 1. The van der Waals surface area contributed by atoms with Crippen LogP contribution < -0.4 is 10.5 Å². The predicted molar refractivity (Wildman–Crippen MR) is 73.8 cm³/mol. The third-order valence-corrected chi connectivity index (χ3v) is 2.84. The van der Waals surface area contributed by atoms with Crippen molar-refractivity contribution in [2.45, 2.75) is 20.3 Å². The van der Waals surface area contributed by atoms with Crippen molar-refractivity contribution >= 4 is 5.69 Å². The summed E-state index contributed by atoms with van der Waals surface area (Å²) >= 11 is 0. The maximum Gasteiger partial charge on any atom is 0.125 e. The minimum atomic E-state index is 0.650. The van der Waals surface area contributed by atoms with E-state index in [0.717, 1.165) is 29.0 Å². The van der Waals surface area contributed by atoms with Crippen LogP contribution in [0, 0.1) is 13.8 Å². The molecule has 0 spiro atoms. The zero-order chi connectivity index (χ0) is 13.0. The smallest absolute Gasteiger partial charge is 0.125 e. The van der Waals surface area contributed by atoms with Gasteiger partial charge in [0.25, 0.3) is 0 Å². The molecule has 0 amide bonds. The van der Waals surface area contributed by atoms with Crippen molar-refractivity contribution in [3.05, 3.63) is 53.3 Å². The van der Waals surface area contributed by atoms with Gasteiger partial charge in [0.05, 0.1) is 6.61 Å². The Morgan fingerprint density at radius 1 is 1.22 bits per heavy atom. The molecule has 0 bridgehead atoms. The summed E-state index contributed by atoms with van der Waals surface area (Å²) in [5.41, 5.74) is 9.91. The van der Waals surface area contributed by atoms with Crippen LogP contribution in [0.15, 0.2) is 36.7 Å². The van der Waals surface area contributed by atoms with Gasteiger partial charge >= 0.3 is 0 Å². The number of hydrogen-bond acceptors (Lipinski definition) is 3. The van der Waals surface area contributed by atoms with Gasteiger partial charge in [0.15, 0.2) is 0 Å². The van der Waals surface area contributed by atoms with Gasteiger partial charge in [-0.15, -0.1) is 0 Å². The fourth-order valence-electron chi connectivity index (χ4n) is 2.03. The number of pyridine rings is 1. The monoisotopic (exact) mass is 242 g/mol. The number of ether oxygens (including phenoxy) is 1. The Morgan fingerprint density at radius 2 is 1.94 bits per heavy atom. The van der Waals surface area contributed by atoms with Crippen molar-refractivity contribution in [2.75, 3.05) is 12.3 Å². The van der Waals surface area contributed by atoms with Gasteiger partial charge in [-0.2, -0.15) is 0 Å². The van der Waals surface area contributed by atoms with Gasteiger partial charge in [0.2, 0.25) is 0 Å². The Labute approximate surface area is 108 Å². The highest BCUT2D eigenvalue weighted by Gasteiger charge is 2.05. The van der Waals surface area contributed by atoms with Crippen molar-refractivity contribution in [1.29, 1.82) is 0 Å². The normalized spacial score (nSPS) is 10.3. The summed E-state index contributed by atoms with van der Waals surface area (Å²) in [6.45, 7) is 4.68. The molecular formula is C15H18N2O. The number of aromatic nitrogens is 1. The molecule has 0 unspecified atom stereocenters. The molecule has 94 valence electrons. The number of benzene rings is 1. The molecule has 0 radical (unpaired) electrons. The van der Waals surface area contributed by atoms with Gasteiger partial charge in [-0.1, -0.05) is 6.07 Å². The largest absolute Gasteiger partial charge is 0.493 e. The van der Waals surface area contributed by atoms with Gasteiger partial charge in [-0.3, -0.25) is 4.98 Å². The van der Waals surface area contributed by atoms with Crippen LogP contribution in [-0.2, 0) is 6.42 Å². The summed E-state index contributed by atoms with van der Waals surface area (Å²) in [6.07, 6.45) is 4.50. The minimum Gasteiger partial charge on any atom is -0.493 e. The molecule has 0 aliphatic carbocycles. The summed E-state index contributed by atoms with van der Waals surface area (Å²) in [5, 5.41) is 0. The maximum atomic E-state index is 5.84. The van der Waals surface area contributed by atoms with Crippen LogP contribution in [-0.4, -0.2) is 11.6 Å². The lowest BCUT2D eigenvalue weighted by Crippen LogP contribution is -2.04. The highest BCUT2D eigenvalue weighted by molar-refractivity contribution is 5.52. The zero-order valence-electron chi connectivity index (χ0n) is 10.8. The molecule has 2 N–H and O–H groups in total. The number of aryl methyl sites for hydroxylation is 2. The molecule has 3 heteroatoms. The molecule has 0 fully saturated rings. The molecule has 2 aromatic rings. The second kappa shape index (κ2) is 5.54. The first-order valence-electron chi connectivity index (χ1n) is 6.05. The van der Waals surface area contributed by atoms with E-state index in [1.807, 2.05) is 38.2 Å². The van der Waals surface area contributed by atoms with Gasteiger partial charge < -0.3 is 10.5 Å². The van der Waals surface area contributed by atoms with Crippen LogP contribution in [0.5, 0.6) is 5.75 Å². The third kappa shape index (κ3) is 3.00. The number of nitrogen functional groups attached to an aromatic ring is 1. The van der Waals surface area contributed by atoms with E-state index < -0.39 is 0 Å². The fourth-order valence-corrected chi connectivity index (χ4v) is 2.03. The Hall–Kier alpha value is -2.03. The van der Waals surface area contributed by atoms with Crippen molar-refractivity contribution in [3.63, 3.8) is 0 Å². The number of rotatable bonds is 4. The molecule has 0 atom stereocenters. The van der Waals surface area contributed by atoms with Crippen LogP contribution in [0.2, 0.25) is 0 Å². The topological polar surface area (TPSA) is 48.1 Å². The van der Waals surface area contributed by atoms with Crippen molar-refractivity contribution < 1.29 is 4.74 Å². The molecule has 2 rings (SSSR count). The Morgan fingerprint density at radius 3 is 2.56 bits per heavy atom. The first-order chi connectivity index (χ1) is 8.66. The Bertz CT molecular complexity index is 500. The highest BCUT2D eigenvalue weighted by atomic mass is 16.5. The molecule has 0 saturated heterocycles. The molecule has 3 nitrogen and oxygen atoms in total. The van der Waals surface area contributed by atoms with Gasteiger partial charge in [0, 0.05) is 24.5 Å². The summed E-state index contributed by atoms with van der Waals surface area (Å²) in [6, 6.07) is 7.87. The summed E-state index contributed by atoms with van der Waals surface area (Å²) < 4.78 is 5.84. The molecule has 1 heterocycles. The second-order valence-electron chi connectivity index (χ2n) is 4.44. The van der Waals surface area contributed by atoms with E-state index in [9.17, 15) is 0 Å². The van der Waals surface area contributed by atoms with Gasteiger partial charge in [-0.05, 0) is 48.7 Å². The van der Waals surface area contributed by atoms with Crippen LogP contribution in [0.4, 0.5) is 5.69 Å². The molecule has 0 saturated carbocycles. The molecule has 0 aliphatic heterocycles. The molecule has 18 heavy (non-hydrogen) atoms. The molecule has 0 aliphatic rings. The van der Waals surface area contributed by atoms with Crippen LogP contribution in [0.1, 0.15) is 16.7 Å². The van der Waals surface area contributed by atoms with Crippen LogP contribution >= 0.6 is 0 Å². The molecule has 1 aromatic heterocycles. The Balaban J connectivity index is 1.99. The Kier molecular flexibility index (Phi) is 3.82. The zero-order valence-corrected chi connectivity index (χ0v) is 10.8. The quantitative estimate of drug-likeness (QED) is 0.839. The van der Waals surface area contributed by atoms with Crippen molar-refractivity contribution in [2.24, 2.45) is 0 Å². The van der Waals surface area contributed by atoms with Crippen LogP contribution in [0.25, 0.3) is 0 Å². The van der Waals surface area contributed by atoms with Gasteiger partial charge in [-0.25, -0.2) is 0 Å². The molecule has 1 aromatic carbocycles. The first-order valence-corrected chi connectivity index (χ1v) is 6.05. The summed E-state index contributed by atoms with van der Waals surface area (Å²) in [7, 11) is 0. The summed E-state index contributed by atoms with van der Waals surface area (Å²) in [4.78, 5) is 4.08. The summed E-state index contributed by atoms with van der Waals surface area (Å²) in [5.74, 6) is 0.938. The van der Waals surface area contributed by atoms with Crippen molar-refractivity contribution in [3.8, 4) is 5.75 Å². The maximum absolute atomic E-state index is 5.84. The fraction of sp³-hybridized carbons (Fsp3) is 0.267. The second-order valence-corrected chi connectivity index (χ2v) is 4.44. The number of hydrogen-bond donors (Lipinski definition) is 1. The minimum absolute atomic E-state index is 0.650. The molecular weight excluding hydrogens is 224 g/mol. The third-order valence-electron chi connectivity index (χ3n) is 2.84. The average Bonchev–Trinajstić information content (AvgIpc) is 2.34. The van der Waals surface area contributed by atoms with Gasteiger partial charge in [0.1, 0.15) is 5.75 Å². The lowest BCUT2D eigenvalue weighted by Gasteiger charge is -2.12. The van der Waals surface area contributed by atoms with E-state index in [4.69, 9.17) is 10.5 Å². The lowest BCUT2D eigenvalue weighted by molar-refractivity contribution is 0.317. The standard InChI is InChI=1S/C15H18N2O/c1-11-8-14(16)9-12(2)15(11)18-7-5-13-4-3-6-17-10-13/h3-4,6,8-10H,5,7,16H2,1-2H3. The highest BCUT2D eigenvalue weighted by Crippen LogP contribution is 2.25. The van der Waals surface area contributed by atoms with Crippen LogP contribution in [0.3, 0.4) is 0 Å². The van der Waals surface area contributed by atoms with Crippen molar-refractivity contribution in [1.82, 2.24) is 4.98 Å². The van der Waals surface area contributed by atoms with E-state index in [1.165, 1.54) is 5.56 Å². The SMILES string of the molecule is Cc1cc(N)cc(C)c1OCCc1cccnc1. The van der Waals surface area contributed by atoms with E-state index in [2.05, 4.69) is 11.1 Å². The van der Waals surface area contributed by atoms with E-state index in [0.29, 0.717) is 6.61 Å². The first kappa shape index (κ1) is 12.4. The lowest BCUT2D eigenvalue weighted by atomic mass is 10.1. The number of nitrogens with two attached hydrogens (primary N) is 1.